The first kappa shape index (κ1) is 12.2. The van der Waals surface area contributed by atoms with Gasteiger partial charge in [-0.2, -0.15) is 0 Å². The van der Waals surface area contributed by atoms with E-state index in [1.165, 1.54) is 0 Å². The summed E-state index contributed by atoms with van der Waals surface area (Å²) < 4.78 is 25.4. The predicted octanol–water partition coefficient (Wildman–Crippen LogP) is 2.19. The first-order valence-electron chi connectivity index (χ1n) is 5.73. The summed E-state index contributed by atoms with van der Waals surface area (Å²) >= 11 is 0. The molecule has 0 aromatic carbocycles. The van der Waals surface area contributed by atoms with Crippen LogP contribution in [0.1, 0.15) is 25.5 Å². The summed E-state index contributed by atoms with van der Waals surface area (Å²) in [6.07, 6.45) is 1.68. The number of nitrogens with zero attached hydrogens (tertiary/aromatic N) is 2. The Morgan fingerprint density at radius 1 is 1.35 bits per heavy atom. The van der Waals surface area contributed by atoms with Crippen molar-refractivity contribution in [2.45, 2.75) is 25.8 Å². The summed E-state index contributed by atoms with van der Waals surface area (Å²) in [4.78, 5) is 5.74. The van der Waals surface area contributed by atoms with Crippen molar-refractivity contribution in [3.05, 3.63) is 23.9 Å². The lowest BCUT2D eigenvalue weighted by Gasteiger charge is -2.39. The van der Waals surface area contributed by atoms with Crippen molar-refractivity contribution in [3.8, 4) is 0 Å². The maximum absolute atomic E-state index is 12.7. The van der Waals surface area contributed by atoms with E-state index in [-0.39, 0.29) is 19.1 Å². The van der Waals surface area contributed by atoms with Gasteiger partial charge in [0.15, 0.2) is 0 Å². The molecule has 17 heavy (non-hydrogen) atoms. The van der Waals surface area contributed by atoms with Gasteiger partial charge in [0.2, 0.25) is 0 Å². The van der Waals surface area contributed by atoms with Gasteiger partial charge < -0.3 is 10.6 Å². The van der Waals surface area contributed by atoms with E-state index in [0.29, 0.717) is 11.7 Å². The number of anilines is 1. The molecule has 1 aromatic heterocycles. The quantitative estimate of drug-likeness (QED) is 0.882. The van der Waals surface area contributed by atoms with Gasteiger partial charge in [0.05, 0.1) is 13.1 Å². The Labute approximate surface area is 99.6 Å². The van der Waals surface area contributed by atoms with Crippen LogP contribution in [0.25, 0.3) is 0 Å². The molecule has 0 spiro atoms. The molecule has 5 heteroatoms. The predicted molar refractivity (Wildman–Crippen MR) is 63.2 cm³/mol. The summed E-state index contributed by atoms with van der Waals surface area (Å²) in [5.74, 6) is -1.64. The molecule has 0 bridgehead atoms. The highest BCUT2D eigenvalue weighted by atomic mass is 19.3. The zero-order valence-electron chi connectivity index (χ0n) is 10.0. The van der Waals surface area contributed by atoms with Crippen molar-refractivity contribution in [1.82, 2.24) is 4.98 Å². The average molecular weight is 241 g/mol. The van der Waals surface area contributed by atoms with E-state index >= 15 is 0 Å². The Hall–Kier alpha value is -1.23. The molecule has 0 unspecified atom stereocenters. The Kier molecular flexibility index (Phi) is 3.03. The van der Waals surface area contributed by atoms with E-state index in [1.54, 1.807) is 17.2 Å². The van der Waals surface area contributed by atoms with Crippen LogP contribution in [0.4, 0.5) is 14.6 Å². The van der Waals surface area contributed by atoms with Gasteiger partial charge in [0, 0.05) is 12.2 Å². The van der Waals surface area contributed by atoms with E-state index in [9.17, 15) is 8.78 Å². The van der Waals surface area contributed by atoms with Crippen LogP contribution in [-0.2, 0) is 0 Å². The van der Waals surface area contributed by atoms with Crippen molar-refractivity contribution in [3.63, 3.8) is 0 Å². The van der Waals surface area contributed by atoms with Gasteiger partial charge in [-0.1, -0.05) is 19.9 Å². The van der Waals surface area contributed by atoms with Crippen LogP contribution in [-0.4, -0.2) is 24.0 Å². The highest BCUT2D eigenvalue weighted by Gasteiger charge is 2.44. The Morgan fingerprint density at radius 3 is 2.41 bits per heavy atom. The Balaban J connectivity index is 2.04. The lowest BCUT2D eigenvalue weighted by Crippen LogP contribution is -2.56. The van der Waals surface area contributed by atoms with Crippen LogP contribution < -0.4 is 10.6 Å². The van der Waals surface area contributed by atoms with E-state index < -0.39 is 5.92 Å². The van der Waals surface area contributed by atoms with Gasteiger partial charge in [-0.15, -0.1) is 0 Å². The Morgan fingerprint density at radius 2 is 2.00 bits per heavy atom. The van der Waals surface area contributed by atoms with Crippen molar-refractivity contribution in [2.75, 3.05) is 18.0 Å². The number of aromatic nitrogens is 1. The van der Waals surface area contributed by atoms with Crippen molar-refractivity contribution in [1.29, 1.82) is 0 Å². The van der Waals surface area contributed by atoms with Crippen LogP contribution in [0.15, 0.2) is 18.3 Å². The molecule has 0 radical (unpaired) electrons. The molecule has 1 saturated heterocycles. The molecule has 3 nitrogen and oxygen atoms in total. The van der Waals surface area contributed by atoms with Crippen molar-refractivity contribution >= 4 is 5.82 Å². The highest BCUT2D eigenvalue weighted by Crippen LogP contribution is 2.31. The normalized spacial score (nSPS) is 20.2. The molecule has 2 rings (SSSR count). The van der Waals surface area contributed by atoms with Gasteiger partial charge in [-0.3, -0.25) is 0 Å². The molecule has 1 aromatic rings. The van der Waals surface area contributed by atoms with Crippen molar-refractivity contribution < 1.29 is 8.78 Å². The van der Waals surface area contributed by atoms with Gasteiger partial charge in [-0.05, 0) is 17.5 Å². The van der Waals surface area contributed by atoms with E-state index in [1.807, 2.05) is 19.9 Å². The molecule has 1 aliphatic heterocycles. The van der Waals surface area contributed by atoms with E-state index in [4.69, 9.17) is 5.73 Å². The number of hydrogen-bond donors (Lipinski definition) is 1. The minimum absolute atomic E-state index is 0.0608. The minimum atomic E-state index is -2.56. The third-order valence-electron chi connectivity index (χ3n) is 3.04. The summed E-state index contributed by atoms with van der Waals surface area (Å²) in [5, 5.41) is 0. The smallest absolute Gasteiger partial charge is 0.282 e. The van der Waals surface area contributed by atoms with E-state index in [0.717, 1.165) is 5.56 Å². The fourth-order valence-electron chi connectivity index (χ4n) is 1.84. The van der Waals surface area contributed by atoms with Crippen LogP contribution in [0.3, 0.4) is 0 Å². The maximum Gasteiger partial charge on any atom is 0.282 e. The molecule has 0 amide bonds. The molecular formula is C12H17F2N3. The molecule has 94 valence electrons. The second-order valence-corrected chi connectivity index (χ2v) is 4.93. The lowest BCUT2D eigenvalue weighted by atomic mass is 9.98. The van der Waals surface area contributed by atoms with Crippen LogP contribution in [0, 0.1) is 5.92 Å². The third kappa shape index (κ3) is 2.54. The number of nitrogens with two attached hydrogens (primary N) is 1. The first-order chi connectivity index (χ1) is 7.89. The fourth-order valence-corrected chi connectivity index (χ4v) is 1.84. The second-order valence-electron chi connectivity index (χ2n) is 4.93. The SMILES string of the molecule is CC(C)[C@H](N)c1ccc(N2CC(F)(F)C2)nc1. The highest BCUT2D eigenvalue weighted by molar-refractivity contribution is 5.44. The fraction of sp³-hybridized carbons (Fsp3) is 0.583. The zero-order chi connectivity index (χ0) is 12.6. The number of halogens is 2. The first-order valence-corrected chi connectivity index (χ1v) is 5.73. The summed E-state index contributed by atoms with van der Waals surface area (Å²) in [7, 11) is 0. The molecule has 2 heterocycles. The molecule has 0 saturated carbocycles. The molecular weight excluding hydrogens is 224 g/mol. The Bertz CT molecular complexity index is 381. The zero-order valence-corrected chi connectivity index (χ0v) is 10.0. The largest absolute Gasteiger partial charge is 0.344 e. The molecule has 2 N–H and O–H groups in total. The van der Waals surface area contributed by atoms with Crippen LogP contribution in [0.5, 0.6) is 0 Å². The summed E-state index contributed by atoms with van der Waals surface area (Å²) in [6, 6.07) is 3.56. The van der Waals surface area contributed by atoms with Gasteiger partial charge in [0.25, 0.3) is 5.92 Å². The standard InChI is InChI=1S/C12H17F2N3/c1-8(2)11(15)9-3-4-10(16-5-9)17-6-12(13,14)7-17/h3-5,8,11H,6-7,15H2,1-2H3/t11-/m0/s1. The summed E-state index contributed by atoms with van der Waals surface area (Å²) in [6.45, 7) is 3.59. The van der Waals surface area contributed by atoms with E-state index in [2.05, 4.69) is 4.98 Å². The average Bonchev–Trinajstić information content (AvgIpc) is 2.25. The van der Waals surface area contributed by atoms with Gasteiger partial charge >= 0.3 is 0 Å². The van der Waals surface area contributed by atoms with Gasteiger partial charge in [0.1, 0.15) is 5.82 Å². The number of hydrogen-bond acceptors (Lipinski definition) is 3. The summed E-state index contributed by atoms with van der Waals surface area (Å²) in [5.41, 5.74) is 6.92. The van der Waals surface area contributed by atoms with Crippen molar-refractivity contribution in [2.24, 2.45) is 11.7 Å². The second kappa shape index (κ2) is 4.22. The number of pyridine rings is 1. The number of alkyl halides is 2. The van der Waals surface area contributed by atoms with Crippen LogP contribution in [0.2, 0.25) is 0 Å². The maximum atomic E-state index is 12.7. The molecule has 1 aliphatic rings. The molecule has 1 fully saturated rings. The topological polar surface area (TPSA) is 42.1 Å². The third-order valence-corrected chi connectivity index (χ3v) is 3.04. The van der Waals surface area contributed by atoms with Gasteiger partial charge in [-0.25, -0.2) is 13.8 Å². The minimum Gasteiger partial charge on any atom is -0.344 e. The number of rotatable bonds is 3. The lowest BCUT2D eigenvalue weighted by molar-refractivity contribution is -0.0267. The van der Waals surface area contributed by atoms with Crippen LogP contribution >= 0.6 is 0 Å². The monoisotopic (exact) mass is 241 g/mol. The molecule has 1 atom stereocenters. The molecule has 0 aliphatic carbocycles.